The number of unbranched alkanes of at least 4 members (excludes halogenated alkanes) is 2. The topological polar surface area (TPSA) is 76.7 Å². The second kappa shape index (κ2) is 15.0. The van der Waals surface area contributed by atoms with Crippen LogP contribution in [0.2, 0.25) is 0 Å². The number of nitrogens with one attached hydrogen (secondary N) is 2. The van der Waals surface area contributed by atoms with Crippen molar-refractivity contribution in [3.63, 3.8) is 0 Å². The number of ether oxygens (including phenoxy) is 2. The molecule has 2 amide bonds. The summed E-state index contributed by atoms with van der Waals surface area (Å²) in [4.78, 5) is 23.4. The van der Waals surface area contributed by atoms with Gasteiger partial charge < -0.3 is 20.1 Å². The highest BCUT2D eigenvalue weighted by Crippen LogP contribution is 1.99. The lowest BCUT2D eigenvalue weighted by atomic mass is 10.1. The largest absolute Gasteiger partial charge is 0.447 e. The molecule has 0 aliphatic heterocycles. The SMILES string of the molecule is CCCCC#CC#CCCC(CNC(=O)OC(C)C)NC(=O)OC(C)C. The van der Waals surface area contributed by atoms with E-state index in [2.05, 4.69) is 41.2 Å². The molecule has 6 nitrogen and oxygen atoms in total. The third-order valence-electron chi connectivity index (χ3n) is 3.01. The summed E-state index contributed by atoms with van der Waals surface area (Å²) in [5, 5.41) is 5.38. The lowest BCUT2D eigenvalue weighted by Crippen LogP contribution is -2.44. The average Bonchev–Trinajstić information content (AvgIpc) is 2.53. The van der Waals surface area contributed by atoms with Crippen LogP contribution >= 0.6 is 0 Å². The molecule has 0 saturated heterocycles. The summed E-state index contributed by atoms with van der Waals surface area (Å²) in [5.41, 5.74) is 0. The molecule has 0 aromatic rings. The molecule has 0 radical (unpaired) electrons. The number of alkyl carbamates (subject to hydrolysis) is 2. The zero-order chi connectivity index (χ0) is 19.8. The molecule has 6 heteroatoms. The maximum absolute atomic E-state index is 11.8. The van der Waals surface area contributed by atoms with Gasteiger partial charge in [0.1, 0.15) is 0 Å². The molecule has 0 spiro atoms. The highest BCUT2D eigenvalue weighted by atomic mass is 16.6. The number of hydrogen-bond donors (Lipinski definition) is 2. The van der Waals surface area contributed by atoms with Gasteiger partial charge in [-0.15, -0.1) is 0 Å². The van der Waals surface area contributed by atoms with E-state index in [9.17, 15) is 9.59 Å². The maximum atomic E-state index is 11.8. The van der Waals surface area contributed by atoms with Gasteiger partial charge in [-0.2, -0.15) is 0 Å². The highest BCUT2D eigenvalue weighted by molar-refractivity contribution is 5.69. The van der Waals surface area contributed by atoms with Gasteiger partial charge in [0.2, 0.25) is 0 Å². The molecule has 146 valence electrons. The molecule has 1 atom stereocenters. The first-order chi connectivity index (χ1) is 12.3. The van der Waals surface area contributed by atoms with Gasteiger partial charge in [-0.05, 0) is 52.4 Å². The zero-order valence-electron chi connectivity index (χ0n) is 16.6. The van der Waals surface area contributed by atoms with Gasteiger partial charge in [0, 0.05) is 19.4 Å². The number of hydrogen-bond acceptors (Lipinski definition) is 4. The van der Waals surface area contributed by atoms with Crippen LogP contribution in [0.15, 0.2) is 0 Å². The first-order valence-electron chi connectivity index (χ1n) is 9.22. The van der Waals surface area contributed by atoms with Crippen molar-refractivity contribution < 1.29 is 19.1 Å². The average molecular weight is 364 g/mol. The Balaban J connectivity index is 4.47. The Morgan fingerprint density at radius 2 is 1.50 bits per heavy atom. The molecule has 0 aliphatic carbocycles. The van der Waals surface area contributed by atoms with E-state index < -0.39 is 12.2 Å². The Hall–Kier alpha value is -2.34. The van der Waals surface area contributed by atoms with Crippen LogP contribution < -0.4 is 10.6 Å². The molecular formula is C20H32N2O4. The summed E-state index contributed by atoms with van der Waals surface area (Å²) in [6.45, 7) is 9.45. The Kier molecular flexibility index (Phi) is 13.6. The van der Waals surface area contributed by atoms with Gasteiger partial charge in [0.15, 0.2) is 0 Å². The van der Waals surface area contributed by atoms with Crippen LogP contribution in [0.5, 0.6) is 0 Å². The number of amides is 2. The van der Waals surface area contributed by atoms with Crippen molar-refractivity contribution in [1.29, 1.82) is 0 Å². The Bertz CT molecular complexity index is 535. The van der Waals surface area contributed by atoms with Gasteiger partial charge >= 0.3 is 12.2 Å². The van der Waals surface area contributed by atoms with E-state index >= 15 is 0 Å². The first kappa shape index (κ1) is 23.7. The predicted molar refractivity (Wildman–Crippen MR) is 102 cm³/mol. The van der Waals surface area contributed by atoms with E-state index in [4.69, 9.17) is 9.47 Å². The summed E-state index contributed by atoms with van der Waals surface area (Å²) in [6, 6.07) is -0.302. The number of carbonyl (C=O) groups excluding carboxylic acids is 2. The standard InChI is InChI=1S/C20H32N2O4/c1-6-7-8-9-10-11-12-13-14-18(22-20(24)26-17(4)5)15-21-19(23)25-16(2)3/h16-18H,6-8,13-15H2,1-5H3,(H,21,23)(H,22,24). The number of rotatable bonds is 9. The van der Waals surface area contributed by atoms with Gasteiger partial charge in [-0.25, -0.2) is 9.59 Å². The molecule has 0 bridgehead atoms. The Morgan fingerprint density at radius 3 is 2.08 bits per heavy atom. The second-order valence-corrected chi connectivity index (χ2v) is 6.38. The van der Waals surface area contributed by atoms with Crippen LogP contribution in [0, 0.1) is 23.7 Å². The molecule has 0 fully saturated rings. The molecule has 26 heavy (non-hydrogen) atoms. The van der Waals surface area contributed by atoms with E-state index in [1.54, 1.807) is 27.7 Å². The smallest absolute Gasteiger partial charge is 0.407 e. The van der Waals surface area contributed by atoms with Crippen molar-refractivity contribution >= 4 is 12.2 Å². The second-order valence-electron chi connectivity index (χ2n) is 6.38. The molecule has 0 aromatic carbocycles. The van der Waals surface area contributed by atoms with Gasteiger partial charge in [0.05, 0.1) is 18.2 Å². The van der Waals surface area contributed by atoms with Crippen molar-refractivity contribution in [2.24, 2.45) is 0 Å². The fourth-order valence-corrected chi connectivity index (χ4v) is 1.83. The summed E-state index contributed by atoms with van der Waals surface area (Å²) >= 11 is 0. The van der Waals surface area contributed by atoms with Crippen LogP contribution in [0.3, 0.4) is 0 Å². The van der Waals surface area contributed by atoms with Crippen molar-refractivity contribution in [2.45, 2.75) is 85.0 Å². The van der Waals surface area contributed by atoms with E-state index in [0.717, 1.165) is 19.3 Å². The quantitative estimate of drug-likeness (QED) is 0.484. The molecule has 0 saturated carbocycles. The first-order valence-corrected chi connectivity index (χ1v) is 9.22. The van der Waals surface area contributed by atoms with E-state index in [-0.39, 0.29) is 24.8 Å². The minimum absolute atomic E-state index is 0.204. The van der Waals surface area contributed by atoms with Crippen molar-refractivity contribution in [3.05, 3.63) is 0 Å². The van der Waals surface area contributed by atoms with Crippen LogP contribution in [-0.4, -0.2) is 37.0 Å². The van der Waals surface area contributed by atoms with E-state index in [1.807, 2.05) is 0 Å². The summed E-state index contributed by atoms with van der Waals surface area (Å²) in [7, 11) is 0. The maximum Gasteiger partial charge on any atom is 0.407 e. The minimum Gasteiger partial charge on any atom is -0.447 e. The molecule has 1 unspecified atom stereocenters. The predicted octanol–water partition coefficient (Wildman–Crippen LogP) is 3.60. The van der Waals surface area contributed by atoms with Crippen LogP contribution in [0.25, 0.3) is 0 Å². The normalized spacial score (nSPS) is 10.9. The molecule has 0 heterocycles. The van der Waals surface area contributed by atoms with Crippen LogP contribution in [-0.2, 0) is 9.47 Å². The Morgan fingerprint density at radius 1 is 0.923 bits per heavy atom. The van der Waals surface area contributed by atoms with Gasteiger partial charge in [-0.1, -0.05) is 25.2 Å². The fraction of sp³-hybridized carbons (Fsp3) is 0.700. The van der Waals surface area contributed by atoms with Crippen molar-refractivity contribution in [3.8, 4) is 23.7 Å². The summed E-state index contributed by atoms with van der Waals surface area (Å²) < 4.78 is 10.1. The summed E-state index contributed by atoms with van der Waals surface area (Å²) in [6.07, 6.45) is 2.73. The van der Waals surface area contributed by atoms with Crippen molar-refractivity contribution in [2.75, 3.05) is 6.54 Å². The molecular weight excluding hydrogens is 332 g/mol. The Labute approximate surface area is 157 Å². The molecule has 2 N–H and O–H groups in total. The zero-order valence-corrected chi connectivity index (χ0v) is 16.6. The third kappa shape index (κ3) is 15.2. The summed E-state index contributed by atoms with van der Waals surface area (Å²) in [5.74, 6) is 11.6. The van der Waals surface area contributed by atoms with Gasteiger partial charge in [-0.3, -0.25) is 0 Å². The van der Waals surface area contributed by atoms with E-state index in [0.29, 0.717) is 12.8 Å². The molecule has 0 aliphatic rings. The van der Waals surface area contributed by atoms with Gasteiger partial charge in [0.25, 0.3) is 0 Å². The highest BCUT2D eigenvalue weighted by Gasteiger charge is 2.15. The third-order valence-corrected chi connectivity index (χ3v) is 3.01. The minimum atomic E-state index is -0.517. The lowest BCUT2D eigenvalue weighted by molar-refractivity contribution is 0.106. The monoisotopic (exact) mass is 364 g/mol. The van der Waals surface area contributed by atoms with E-state index in [1.165, 1.54) is 0 Å². The molecule has 0 rings (SSSR count). The number of carbonyl (C=O) groups is 2. The molecule has 0 aromatic heterocycles. The van der Waals surface area contributed by atoms with Crippen molar-refractivity contribution in [1.82, 2.24) is 10.6 Å². The fourth-order valence-electron chi connectivity index (χ4n) is 1.83. The van der Waals surface area contributed by atoms with Crippen LogP contribution in [0.4, 0.5) is 9.59 Å². The lowest BCUT2D eigenvalue weighted by Gasteiger charge is -2.19. The van der Waals surface area contributed by atoms with Crippen LogP contribution in [0.1, 0.15) is 66.7 Å².